The van der Waals surface area contributed by atoms with Gasteiger partial charge in [-0.25, -0.2) is 9.78 Å². The third-order valence-corrected chi connectivity index (χ3v) is 1.80. The summed E-state index contributed by atoms with van der Waals surface area (Å²) < 4.78 is 1.43. The highest BCUT2D eigenvalue weighted by molar-refractivity contribution is 7.80. The molecule has 70 valence electrons. The number of allylic oxidation sites excluding steroid dienone is 1. The topological polar surface area (TPSA) is 34.9 Å². The molecule has 5 heteroatoms. The summed E-state index contributed by atoms with van der Waals surface area (Å²) in [6.07, 6.45) is 6.59. The van der Waals surface area contributed by atoms with Gasteiger partial charge in [-0.1, -0.05) is 23.8 Å². The molecule has 0 atom stereocenters. The van der Waals surface area contributed by atoms with Crippen molar-refractivity contribution >= 4 is 24.2 Å². The van der Waals surface area contributed by atoms with Crippen LogP contribution < -0.4 is 5.69 Å². The minimum atomic E-state index is -0.298. The smallest absolute Gasteiger partial charge is 0.294 e. The Kier molecular flexibility index (Phi) is 4.05. The Morgan fingerprint density at radius 3 is 3.08 bits per heavy atom. The van der Waals surface area contributed by atoms with Crippen molar-refractivity contribution in [2.45, 2.75) is 6.54 Å². The fourth-order valence-electron chi connectivity index (χ4n) is 0.822. The Hall–Kier alpha value is -0.740. The molecule has 0 aromatic carbocycles. The third-order valence-electron chi connectivity index (χ3n) is 1.40. The predicted octanol–water partition coefficient (Wildman–Crippen LogP) is 1.38. The third kappa shape index (κ3) is 3.24. The van der Waals surface area contributed by atoms with Crippen LogP contribution in [0.3, 0.4) is 0 Å². The summed E-state index contributed by atoms with van der Waals surface area (Å²) in [5.41, 5.74) is -0.298. The van der Waals surface area contributed by atoms with Gasteiger partial charge in [0, 0.05) is 18.5 Å². The lowest BCUT2D eigenvalue weighted by Gasteiger charge is -1.99. The van der Waals surface area contributed by atoms with Crippen molar-refractivity contribution in [3.63, 3.8) is 0 Å². The van der Waals surface area contributed by atoms with Gasteiger partial charge in [-0.05, 0) is 0 Å². The molecule has 0 unspecified atom stereocenters. The van der Waals surface area contributed by atoms with E-state index in [2.05, 4.69) is 17.6 Å². The molecule has 0 N–H and O–H groups in total. The van der Waals surface area contributed by atoms with Crippen molar-refractivity contribution in [2.24, 2.45) is 0 Å². The maximum atomic E-state index is 11.1. The number of rotatable bonds is 3. The maximum Gasteiger partial charge on any atom is 0.347 e. The zero-order valence-electron chi connectivity index (χ0n) is 6.85. The molecule has 0 fully saturated rings. The molecule has 13 heavy (non-hydrogen) atoms. The molecule has 0 radical (unpaired) electrons. The SMILES string of the molecule is O=c1ncc(Cl)cn1C/C=C/CS. The molecule has 3 nitrogen and oxygen atoms in total. The van der Waals surface area contributed by atoms with Gasteiger partial charge in [-0.15, -0.1) is 0 Å². The van der Waals surface area contributed by atoms with Gasteiger partial charge in [0.2, 0.25) is 0 Å². The molecule has 1 heterocycles. The van der Waals surface area contributed by atoms with E-state index in [9.17, 15) is 4.79 Å². The van der Waals surface area contributed by atoms with Gasteiger partial charge in [0.05, 0.1) is 11.2 Å². The molecule has 0 saturated carbocycles. The lowest BCUT2D eigenvalue weighted by molar-refractivity contribution is 0.743. The fraction of sp³-hybridized carbons (Fsp3) is 0.250. The molecule has 0 aliphatic carbocycles. The number of thiol groups is 1. The summed E-state index contributed by atoms with van der Waals surface area (Å²) in [6, 6.07) is 0. The first kappa shape index (κ1) is 10.3. The van der Waals surface area contributed by atoms with Crippen molar-refractivity contribution in [1.29, 1.82) is 0 Å². The van der Waals surface area contributed by atoms with Crippen molar-refractivity contribution < 1.29 is 0 Å². The largest absolute Gasteiger partial charge is 0.347 e. The Morgan fingerprint density at radius 2 is 2.38 bits per heavy atom. The van der Waals surface area contributed by atoms with Crippen LogP contribution in [0.2, 0.25) is 5.02 Å². The molecular weight excluding hydrogens is 208 g/mol. The first-order chi connectivity index (χ1) is 6.24. The van der Waals surface area contributed by atoms with Gasteiger partial charge < -0.3 is 0 Å². The van der Waals surface area contributed by atoms with Gasteiger partial charge in [0.25, 0.3) is 0 Å². The molecule has 0 amide bonds. The number of halogens is 1. The van der Waals surface area contributed by atoms with E-state index in [0.29, 0.717) is 17.3 Å². The molecule has 1 rings (SSSR count). The van der Waals surface area contributed by atoms with Gasteiger partial charge in [-0.3, -0.25) is 4.57 Å². The molecular formula is C8H9ClN2OS. The van der Waals surface area contributed by atoms with Crippen LogP contribution in [0.5, 0.6) is 0 Å². The van der Waals surface area contributed by atoms with Crippen molar-refractivity contribution in [1.82, 2.24) is 9.55 Å². The van der Waals surface area contributed by atoms with Crippen LogP contribution >= 0.6 is 24.2 Å². The molecule has 1 aromatic heterocycles. The van der Waals surface area contributed by atoms with Gasteiger partial charge in [-0.2, -0.15) is 12.6 Å². The standard InChI is InChI=1S/C8H9ClN2OS/c9-7-5-10-8(12)11(6-7)3-1-2-4-13/h1-2,5-6,13H,3-4H2/b2-1+. The van der Waals surface area contributed by atoms with E-state index < -0.39 is 0 Å². The predicted molar refractivity (Wildman–Crippen MR) is 56.5 cm³/mol. The summed E-state index contributed by atoms with van der Waals surface area (Å²) >= 11 is 9.67. The molecule has 0 saturated heterocycles. The first-order valence-electron chi connectivity index (χ1n) is 3.72. The van der Waals surface area contributed by atoms with E-state index in [-0.39, 0.29) is 5.69 Å². The van der Waals surface area contributed by atoms with Crippen LogP contribution in [0.25, 0.3) is 0 Å². The average Bonchev–Trinajstić information content (AvgIpc) is 2.11. The second-order valence-corrected chi connectivity index (χ2v) is 3.16. The fourth-order valence-corrected chi connectivity index (χ4v) is 1.14. The second kappa shape index (κ2) is 5.09. The van der Waals surface area contributed by atoms with E-state index >= 15 is 0 Å². The van der Waals surface area contributed by atoms with Gasteiger partial charge >= 0.3 is 5.69 Å². The molecule has 0 aliphatic heterocycles. The van der Waals surface area contributed by atoms with Crippen LogP contribution in [-0.4, -0.2) is 15.3 Å². The normalized spacial score (nSPS) is 10.9. The van der Waals surface area contributed by atoms with E-state index in [1.54, 1.807) is 6.20 Å². The molecule has 0 spiro atoms. The quantitative estimate of drug-likeness (QED) is 0.612. The molecule has 0 bridgehead atoms. The van der Waals surface area contributed by atoms with Gasteiger partial charge in [0.1, 0.15) is 0 Å². The second-order valence-electron chi connectivity index (χ2n) is 2.36. The van der Waals surface area contributed by atoms with Crippen LogP contribution in [0.1, 0.15) is 0 Å². The van der Waals surface area contributed by atoms with E-state index in [1.807, 2.05) is 12.2 Å². The zero-order valence-corrected chi connectivity index (χ0v) is 8.50. The number of nitrogens with zero attached hydrogens (tertiary/aromatic N) is 2. The lowest BCUT2D eigenvalue weighted by Crippen LogP contribution is -2.21. The van der Waals surface area contributed by atoms with Crippen molar-refractivity contribution in [3.8, 4) is 0 Å². The highest BCUT2D eigenvalue weighted by atomic mass is 35.5. The van der Waals surface area contributed by atoms with Crippen LogP contribution in [0.4, 0.5) is 0 Å². The maximum absolute atomic E-state index is 11.1. The highest BCUT2D eigenvalue weighted by Gasteiger charge is 1.94. The Morgan fingerprint density at radius 1 is 1.62 bits per heavy atom. The minimum absolute atomic E-state index is 0.298. The van der Waals surface area contributed by atoms with Crippen LogP contribution in [-0.2, 0) is 6.54 Å². The summed E-state index contributed by atoms with van der Waals surface area (Å²) in [4.78, 5) is 14.7. The van der Waals surface area contributed by atoms with E-state index in [4.69, 9.17) is 11.6 Å². The Bertz CT molecular complexity index is 361. The summed E-state index contributed by atoms with van der Waals surface area (Å²) in [6.45, 7) is 0.479. The number of hydrogen-bond acceptors (Lipinski definition) is 3. The highest BCUT2D eigenvalue weighted by Crippen LogP contribution is 2.01. The summed E-state index contributed by atoms with van der Waals surface area (Å²) in [5.74, 6) is 0.656. The first-order valence-corrected chi connectivity index (χ1v) is 4.73. The lowest BCUT2D eigenvalue weighted by atomic mass is 10.5. The molecule has 0 aliphatic rings. The van der Waals surface area contributed by atoms with Crippen LogP contribution in [0.15, 0.2) is 29.3 Å². The van der Waals surface area contributed by atoms with Crippen LogP contribution in [0, 0.1) is 0 Å². The van der Waals surface area contributed by atoms with Crippen molar-refractivity contribution in [2.75, 3.05) is 5.75 Å². The zero-order chi connectivity index (χ0) is 9.68. The Balaban J connectivity index is 2.82. The molecule has 1 aromatic rings. The van der Waals surface area contributed by atoms with Gasteiger partial charge in [0.15, 0.2) is 0 Å². The van der Waals surface area contributed by atoms with E-state index in [0.717, 1.165) is 0 Å². The van der Waals surface area contributed by atoms with Crippen molar-refractivity contribution in [3.05, 3.63) is 40.1 Å². The summed E-state index contributed by atoms with van der Waals surface area (Å²) in [7, 11) is 0. The number of aromatic nitrogens is 2. The Labute approximate surface area is 86.5 Å². The van der Waals surface area contributed by atoms with E-state index in [1.165, 1.54) is 10.8 Å². The minimum Gasteiger partial charge on any atom is -0.294 e. The monoisotopic (exact) mass is 216 g/mol. The summed E-state index contributed by atoms with van der Waals surface area (Å²) in [5, 5.41) is 0.457. The average molecular weight is 217 g/mol. The number of hydrogen-bond donors (Lipinski definition) is 1.